The Morgan fingerprint density at radius 2 is 1.94 bits per heavy atom. The van der Waals surface area contributed by atoms with E-state index in [-0.39, 0.29) is 11.3 Å². The minimum absolute atomic E-state index is 0.0581. The lowest BCUT2D eigenvalue weighted by atomic mass is 10.0. The largest absolute Gasteiger partial charge is 0.479 e. The lowest BCUT2D eigenvalue weighted by Gasteiger charge is -2.12. The zero-order valence-corrected chi connectivity index (χ0v) is 12.0. The Hall–Kier alpha value is -0.720. The van der Waals surface area contributed by atoms with Crippen LogP contribution in [0.15, 0.2) is 22.7 Å². The maximum atomic E-state index is 11.2. The summed E-state index contributed by atoms with van der Waals surface area (Å²) in [7, 11) is 0. The van der Waals surface area contributed by atoms with Crippen LogP contribution < -0.4 is 0 Å². The summed E-state index contributed by atoms with van der Waals surface area (Å²) in [6.07, 6.45) is -1.56. The molecule has 0 fully saturated rings. The molecule has 0 radical (unpaired) electrons. The molecule has 17 heavy (non-hydrogen) atoms. The van der Waals surface area contributed by atoms with Gasteiger partial charge in [0.2, 0.25) is 0 Å². The topological polar surface area (TPSA) is 74.6 Å². The number of aliphatic hydroxyl groups is 1. The van der Waals surface area contributed by atoms with Gasteiger partial charge in [-0.25, -0.2) is 4.79 Å². The molecule has 1 rings (SSSR count). The molecule has 92 valence electrons. The molecule has 1 aromatic carbocycles. The Morgan fingerprint density at radius 3 is 2.35 bits per heavy atom. The molecule has 6 heteroatoms. The first-order valence-electron chi connectivity index (χ1n) is 4.69. The summed E-state index contributed by atoms with van der Waals surface area (Å²) in [6, 6.07) is 4.58. The molecule has 0 saturated heterocycles. The number of carbonyl (C=O) groups is 2. The number of benzene rings is 1. The van der Waals surface area contributed by atoms with Crippen LogP contribution >= 0.6 is 31.9 Å². The second kappa shape index (κ2) is 5.75. The highest BCUT2D eigenvalue weighted by molar-refractivity contribution is 9.11. The summed E-state index contributed by atoms with van der Waals surface area (Å²) >= 11 is 6.48. The zero-order chi connectivity index (χ0) is 13.2. The van der Waals surface area contributed by atoms with Gasteiger partial charge in [0.25, 0.3) is 0 Å². The van der Waals surface area contributed by atoms with E-state index in [1.54, 1.807) is 6.07 Å². The second-order valence-corrected chi connectivity index (χ2v) is 5.26. The molecule has 0 aliphatic rings. The van der Waals surface area contributed by atoms with Crippen molar-refractivity contribution in [3.63, 3.8) is 0 Å². The monoisotopic (exact) mass is 364 g/mol. The summed E-state index contributed by atoms with van der Waals surface area (Å²) in [5, 5.41) is 18.0. The van der Waals surface area contributed by atoms with Crippen LogP contribution in [0.5, 0.6) is 0 Å². The van der Waals surface area contributed by atoms with E-state index in [0.29, 0.717) is 10.0 Å². The molecule has 0 aromatic heterocycles. The molecule has 0 spiro atoms. The number of carbonyl (C=O) groups excluding carboxylic acids is 1. The highest BCUT2D eigenvalue weighted by Crippen LogP contribution is 2.32. The molecule has 2 unspecified atom stereocenters. The van der Waals surface area contributed by atoms with E-state index in [0.717, 1.165) is 0 Å². The van der Waals surface area contributed by atoms with Gasteiger partial charge < -0.3 is 10.2 Å². The van der Waals surface area contributed by atoms with Crippen LogP contribution in [0.2, 0.25) is 0 Å². The van der Waals surface area contributed by atoms with Gasteiger partial charge in [0.15, 0.2) is 6.10 Å². The fourth-order valence-corrected chi connectivity index (χ4v) is 2.61. The van der Waals surface area contributed by atoms with Gasteiger partial charge in [-0.2, -0.15) is 0 Å². The third-order valence-electron chi connectivity index (χ3n) is 2.20. The number of ketones is 1. The Morgan fingerprint density at radius 1 is 1.35 bits per heavy atom. The molecule has 0 saturated carbocycles. The fraction of sp³-hybridized carbons (Fsp3) is 0.273. The first-order chi connectivity index (χ1) is 7.84. The normalized spacial score (nSPS) is 14.1. The number of rotatable bonds is 4. The number of halogens is 2. The molecular formula is C11H10Br2O4. The predicted molar refractivity (Wildman–Crippen MR) is 69.1 cm³/mol. The van der Waals surface area contributed by atoms with E-state index in [1.807, 2.05) is 0 Å². The fourth-order valence-electron chi connectivity index (χ4n) is 1.28. The van der Waals surface area contributed by atoms with E-state index < -0.39 is 16.9 Å². The van der Waals surface area contributed by atoms with Crippen molar-refractivity contribution < 1.29 is 19.8 Å². The van der Waals surface area contributed by atoms with Gasteiger partial charge in [-0.3, -0.25) is 4.79 Å². The molecule has 2 N–H and O–H groups in total. The maximum Gasteiger partial charge on any atom is 0.337 e. The van der Waals surface area contributed by atoms with Crippen LogP contribution in [0.3, 0.4) is 0 Å². The zero-order valence-electron chi connectivity index (χ0n) is 8.85. The van der Waals surface area contributed by atoms with Crippen molar-refractivity contribution in [1.82, 2.24) is 0 Å². The minimum Gasteiger partial charge on any atom is -0.479 e. The number of aliphatic hydroxyl groups excluding tert-OH is 1. The number of aliphatic carboxylic acids is 1. The summed E-state index contributed by atoms with van der Waals surface area (Å²) in [5.41, 5.74) is 0.954. The molecular weight excluding hydrogens is 356 g/mol. The van der Waals surface area contributed by atoms with Gasteiger partial charge >= 0.3 is 5.97 Å². The van der Waals surface area contributed by atoms with Gasteiger partial charge in [-0.1, -0.05) is 44.0 Å². The second-order valence-electron chi connectivity index (χ2n) is 3.49. The van der Waals surface area contributed by atoms with Gasteiger partial charge in [0, 0.05) is 4.47 Å². The van der Waals surface area contributed by atoms with E-state index in [9.17, 15) is 14.7 Å². The SMILES string of the molecule is CC(=O)C(Br)c1ccc(C(O)C(=O)O)cc1Br. The first kappa shape index (κ1) is 14.3. The predicted octanol–water partition coefficient (Wildman–Crippen LogP) is 2.59. The molecule has 0 aliphatic heterocycles. The summed E-state index contributed by atoms with van der Waals surface area (Å²) in [6.45, 7) is 1.45. The van der Waals surface area contributed by atoms with Crippen molar-refractivity contribution in [1.29, 1.82) is 0 Å². The molecule has 0 heterocycles. The van der Waals surface area contributed by atoms with Crippen LogP contribution in [0.25, 0.3) is 0 Å². The summed E-state index contributed by atoms with van der Waals surface area (Å²) in [5.74, 6) is -1.37. The highest BCUT2D eigenvalue weighted by Gasteiger charge is 2.20. The van der Waals surface area contributed by atoms with Crippen LogP contribution in [-0.4, -0.2) is 22.0 Å². The Labute approximate surface area is 115 Å². The Bertz CT molecular complexity index is 459. The number of carboxylic acids is 1. The van der Waals surface area contributed by atoms with Gasteiger partial charge in [-0.05, 0) is 24.1 Å². The van der Waals surface area contributed by atoms with Crippen molar-refractivity contribution >= 4 is 43.6 Å². The quantitative estimate of drug-likeness (QED) is 0.804. The van der Waals surface area contributed by atoms with Crippen LogP contribution in [-0.2, 0) is 9.59 Å². The van der Waals surface area contributed by atoms with E-state index in [4.69, 9.17) is 5.11 Å². The lowest BCUT2D eigenvalue weighted by molar-refractivity contribution is -0.147. The standard InChI is InChI=1S/C11H10Br2O4/c1-5(14)9(13)7-3-2-6(4-8(7)12)10(15)11(16)17/h2-4,9-10,15H,1H3,(H,16,17). The van der Waals surface area contributed by atoms with Gasteiger partial charge in [-0.15, -0.1) is 0 Å². The molecule has 0 aliphatic carbocycles. The van der Waals surface area contributed by atoms with Crippen molar-refractivity contribution in [2.24, 2.45) is 0 Å². The van der Waals surface area contributed by atoms with Crippen LogP contribution in [0.1, 0.15) is 29.0 Å². The minimum atomic E-state index is -1.56. The van der Waals surface area contributed by atoms with Crippen molar-refractivity contribution in [2.75, 3.05) is 0 Å². The Balaban J connectivity index is 3.10. The summed E-state index contributed by atoms with van der Waals surface area (Å²) in [4.78, 5) is 21.4. The number of alkyl halides is 1. The van der Waals surface area contributed by atoms with Crippen LogP contribution in [0.4, 0.5) is 0 Å². The average Bonchev–Trinajstić information content (AvgIpc) is 2.26. The molecule has 4 nitrogen and oxygen atoms in total. The molecule has 1 aromatic rings. The van der Waals surface area contributed by atoms with Crippen molar-refractivity contribution in [2.45, 2.75) is 17.9 Å². The molecule has 2 atom stereocenters. The number of hydrogen-bond acceptors (Lipinski definition) is 3. The lowest BCUT2D eigenvalue weighted by Crippen LogP contribution is -2.11. The highest BCUT2D eigenvalue weighted by atomic mass is 79.9. The number of carboxylic acid groups (broad SMARTS) is 1. The van der Waals surface area contributed by atoms with E-state index >= 15 is 0 Å². The average molecular weight is 366 g/mol. The number of Topliss-reactive ketones (excluding diaryl/α,β-unsaturated/α-hetero) is 1. The maximum absolute atomic E-state index is 11.2. The summed E-state index contributed by atoms with van der Waals surface area (Å²) < 4.78 is 0.576. The van der Waals surface area contributed by atoms with Gasteiger partial charge in [0.05, 0.1) is 4.83 Å². The van der Waals surface area contributed by atoms with Crippen molar-refractivity contribution in [3.05, 3.63) is 33.8 Å². The van der Waals surface area contributed by atoms with Gasteiger partial charge in [0.1, 0.15) is 5.78 Å². The molecule has 0 amide bonds. The Kier molecular flexibility index (Phi) is 4.85. The third kappa shape index (κ3) is 3.37. The smallest absolute Gasteiger partial charge is 0.337 e. The van der Waals surface area contributed by atoms with E-state index in [2.05, 4.69) is 31.9 Å². The number of hydrogen-bond donors (Lipinski definition) is 2. The third-order valence-corrected chi connectivity index (χ3v) is 4.03. The molecule has 0 bridgehead atoms. The van der Waals surface area contributed by atoms with Crippen LogP contribution in [0, 0.1) is 0 Å². The van der Waals surface area contributed by atoms with Crippen molar-refractivity contribution in [3.8, 4) is 0 Å². The first-order valence-corrected chi connectivity index (χ1v) is 6.40. The van der Waals surface area contributed by atoms with E-state index in [1.165, 1.54) is 19.1 Å².